The van der Waals surface area contributed by atoms with Crippen LogP contribution in [0.15, 0.2) is 77.7 Å². The van der Waals surface area contributed by atoms with Crippen molar-refractivity contribution < 1.29 is 4.79 Å². The summed E-state index contributed by atoms with van der Waals surface area (Å²) in [5.41, 5.74) is 1.71. The minimum Gasteiger partial charge on any atom is -0.352 e. The highest BCUT2D eigenvalue weighted by atomic mass is 16.2. The molecule has 2 aromatic carbocycles. The lowest BCUT2D eigenvalue weighted by molar-refractivity contribution is -0.122. The van der Waals surface area contributed by atoms with E-state index < -0.39 is 5.69 Å². The van der Waals surface area contributed by atoms with E-state index in [2.05, 4.69) is 32.8 Å². The maximum Gasteiger partial charge on any atom is 0.352 e. The Hall–Kier alpha value is -3.94. The van der Waals surface area contributed by atoms with Gasteiger partial charge in [0.25, 0.3) is 5.78 Å². The van der Waals surface area contributed by atoms with Crippen LogP contribution < -0.4 is 16.3 Å². The normalized spacial score (nSPS) is 11.9. The zero-order valence-corrected chi connectivity index (χ0v) is 17.2. The predicted molar refractivity (Wildman–Crippen MR) is 119 cm³/mol. The summed E-state index contributed by atoms with van der Waals surface area (Å²) in [6.07, 6.45) is 3.28. The van der Waals surface area contributed by atoms with Crippen molar-refractivity contribution in [3.63, 3.8) is 0 Å². The molecule has 8 heteroatoms. The number of hydrogen-bond donors (Lipinski definition) is 2. The maximum atomic E-state index is 12.6. The van der Waals surface area contributed by atoms with E-state index >= 15 is 0 Å². The third-order valence-electron chi connectivity index (χ3n) is 4.91. The van der Waals surface area contributed by atoms with E-state index in [4.69, 9.17) is 0 Å². The smallest absolute Gasteiger partial charge is 0.352 e. The number of amides is 1. The van der Waals surface area contributed by atoms with Gasteiger partial charge in [0.15, 0.2) is 0 Å². The number of hydrogen-bond acceptors (Lipinski definition) is 5. The van der Waals surface area contributed by atoms with E-state index in [1.54, 1.807) is 12.3 Å². The molecule has 0 unspecified atom stereocenters. The summed E-state index contributed by atoms with van der Waals surface area (Å²) >= 11 is 0. The molecule has 2 N–H and O–H groups in total. The number of benzene rings is 2. The number of aryl methyl sites for hydroxylation is 1. The Balaban J connectivity index is 1.39. The predicted octanol–water partition coefficient (Wildman–Crippen LogP) is 2.77. The molecule has 158 valence electrons. The first-order chi connectivity index (χ1) is 15.1. The number of carbonyl (C=O) groups excluding carboxylic acids is 1. The van der Waals surface area contributed by atoms with Gasteiger partial charge in [-0.1, -0.05) is 48.5 Å². The third-order valence-corrected chi connectivity index (χ3v) is 4.91. The minimum atomic E-state index is -0.402. The molecule has 0 aliphatic carbocycles. The van der Waals surface area contributed by atoms with Gasteiger partial charge in [0.2, 0.25) is 5.91 Å². The number of carbonyl (C=O) groups is 1. The zero-order valence-electron chi connectivity index (χ0n) is 17.2. The molecule has 2 aromatic heterocycles. The fourth-order valence-electron chi connectivity index (χ4n) is 3.30. The molecule has 31 heavy (non-hydrogen) atoms. The molecule has 1 atom stereocenters. The van der Waals surface area contributed by atoms with Gasteiger partial charge in [0, 0.05) is 17.9 Å². The van der Waals surface area contributed by atoms with E-state index in [0.717, 1.165) is 23.2 Å². The van der Waals surface area contributed by atoms with Crippen molar-refractivity contribution in [3.8, 4) is 0 Å². The first-order valence-corrected chi connectivity index (χ1v) is 10.2. The van der Waals surface area contributed by atoms with Gasteiger partial charge in [0.05, 0.1) is 0 Å². The van der Waals surface area contributed by atoms with Crippen LogP contribution in [0.3, 0.4) is 0 Å². The minimum absolute atomic E-state index is 0.0137. The Morgan fingerprint density at radius 3 is 2.48 bits per heavy atom. The molecule has 0 aliphatic rings. The summed E-state index contributed by atoms with van der Waals surface area (Å²) in [7, 11) is 0. The SMILES string of the molecule is C[C@H](CCc1ccccc1)NC(=O)Cn1nc2nc(Nc3ccccc3)ccn2c1=O. The molecule has 8 nitrogen and oxygen atoms in total. The molecule has 0 bridgehead atoms. The van der Waals surface area contributed by atoms with Crippen molar-refractivity contribution in [2.75, 3.05) is 5.32 Å². The first-order valence-electron chi connectivity index (χ1n) is 10.2. The molecule has 0 aliphatic heterocycles. The van der Waals surface area contributed by atoms with Crippen molar-refractivity contribution in [2.45, 2.75) is 32.4 Å². The molecule has 1 amide bonds. The number of fused-ring (bicyclic) bond motifs is 1. The molecular formula is C23H24N6O2. The fraction of sp³-hybridized carbons (Fsp3) is 0.217. The topological polar surface area (TPSA) is 93.3 Å². The quantitative estimate of drug-likeness (QED) is 0.461. The number of aromatic nitrogens is 4. The van der Waals surface area contributed by atoms with Crippen LogP contribution in [0.4, 0.5) is 11.5 Å². The van der Waals surface area contributed by atoms with Gasteiger partial charge in [-0.05, 0) is 43.5 Å². The fourth-order valence-corrected chi connectivity index (χ4v) is 3.30. The molecule has 0 fully saturated rings. The van der Waals surface area contributed by atoms with Crippen molar-refractivity contribution in [2.24, 2.45) is 0 Å². The second-order valence-corrected chi connectivity index (χ2v) is 7.41. The van der Waals surface area contributed by atoms with E-state index in [1.165, 1.54) is 9.96 Å². The van der Waals surface area contributed by atoms with E-state index in [9.17, 15) is 9.59 Å². The molecule has 4 aromatic rings. The Morgan fingerprint density at radius 2 is 1.74 bits per heavy atom. The number of nitrogens with one attached hydrogen (secondary N) is 2. The second-order valence-electron chi connectivity index (χ2n) is 7.41. The van der Waals surface area contributed by atoms with Gasteiger partial charge in [-0.15, -0.1) is 5.10 Å². The van der Waals surface area contributed by atoms with E-state index in [-0.39, 0.29) is 24.3 Å². The van der Waals surface area contributed by atoms with E-state index in [1.807, 2.05) is 55.5 Å². The monoisotopic (exact) mass is 416 g/mol. The van der Waals surface area contributed by atoms with E-state index in [0.29, 0.717) is 5.82 Å². The number of rotatable bonds is 8. The lowest BCUT2D eigenvalue weighted by atomic mass is 10.1. The molecule has 0 saturated carbocycles. The average molecular weight is 416 g/mol. The number of nitrogens with zero attached hydrogens (tertiary/aromatic N) is 4. The molecule has 0 saturated heterocycles. The van der Waals surface area contributed by atoms with Crippen LogP contribution in [0.5, 0.6) is 0 Å². The summed E-state index contributed by atoms with van der Waals surface area (Å²) in [4.78, 5) is 29.3. The summed E-state index contributed by atoms with van der Waals surface area (Å²) in [6, 6.07) is 21.4. The van der Waals surface area contributed by atoms with Gasteiger partial charge in [-0.25, -0.2) is 13.9 Å². The van der Waals surface area contributed by atoms with Crippen LogP contribution in [-0.4, -0.2) is 31.1 Å². The molecule has 2 heterocycles. The van der Waals surface area contributed by atoms with Gasteiger partial charge in [0.1, 0.15) is 12.4 Å². The molecule has 0 spiro atoms. The van der Waals surface area contributed by atoms with Crippen LogP contribution in [0.2, 0.25) is 0 Å². The summed E-state index contributed by atoms with van der Waals surface area (Å²) < 4.78 is 2.45. The van der Waals surface area contributed by atoms with Crippen molar-refractivity contribution in [3.05, 3.63) is 89.0 Å². The van der Waals surface area contributed by atoms with Crippen molar-refractivity contribution in [1.82, 2.24) is 24.5 Å². The van der Waals surface area contributed by atoms with Crippen LogP contribution in [0, 0.1) is 0 Å². The highest BCUT2D eigenvalue weighted by Gasteiger charge is 2.14. The van der Waals surface area contributed by atoms with Crippen LogP contribution in [0.25, 0.3) is 5.78 Å². The number of anilines is 2. The van der Waals surface area contributed by atoms with Gasteiger partial charge < -0.3 is 10.6 Å². The highest BCUT2D eigenvalue weighted by Crippen LogP contribution is 2.13. The lowest BCUT2D eigenvalue weighted by Gasteiger charge is -2.13. The van der Waals surface area contributed by atoms with Gasteiger partial charge >= 0.3 is 5.69 Å². The summed E-state index contributed by atoms with van der Waals surface area (Å²) in [6.45, 7) is 1.80. The second kappa shape index (κ2) is 9.25. The lowest BCUT2D eigenvalue weighted by Crippen LogP contribution is -2.37. The average Bonchev–Trinajstić information content (AvgIpc) is 3.08. The molecule has 0 radical (unpaired) electrons. The Kier molecular flexibility index (Phi) is 6.07. The Morgan fingerprint density at radius 1 is 1.03 bits per heavy atom. The van der Waals surface area contributed by atoms with Crippen molar-refractivity contribution >= 4 is 23.2 Å². The highest BCUT2D eigenvalue weighted by molar-refractivity contribution is 5.75. The van der Waals surface area contributed by atoms with Gasteiger partial charge in [-0.3, -0.25) is 4.79 Å². The summed E-state index contributed by atoms with van der Waals surface area (Å²) in [5.74, 6) is 0.541. The molecule has 4 rings (SSSR count). The number of para-hydroxylation sites is 1. The maximum absolute atomic E-state index is 12.6. The van der Waals surface area contributed by atoms with Crippen LogP contribution >= 0.6 is 0 Å². The largest absolute Gasteiger partial charge is 0.352 e. The van der Waals surface area contributed by atoms with Crippen LogP contribution in [-0.2, 0) is 17.8 Å². The van der Waals surface area contributed by atoms with Crippen molar-refractivity contribution in [1.29, 1.82) is 0 Å². The molecular weight excluding hydrogens is 392 g/mol. The Bertz CT molecular complexity index is 1220. The zero-order chi connectivity index (χ0) is 21.6. The van der Waals surface area contributed by atoms with Gasteiger partial charge in [-0.2, -0.15) is 4.98 Å². The third kappa shape index (κ3) is 5.16. The van der Waals surface area contributed by atoms with Crippen LogP contribution in [0.1, 0.15) is 18.9 Å². The first kappa shape index (κ1) is 20.3. The summed E-state index contributed by atoms with van der Waals surface area (Å²) in [5, 5.41) is 10.3. The Labute approximate surface area is 179 Å². The standard InChI is InChI=1S/C23H24N6O2/c1-17(12-13-18-8-4-2-5-9-18)24-21(30)16-29-23(31)28-15-14-20(26-22(28)27-29)25-19-10-6-3-7-11-19/h2-11,14-15,17H,12-13,16H2,1H3,(H,24,30)(H,25,26,27)/t17-/m1/s1.